The fourth-order valence-electron chi connectivity index (χ4n) is 1.24. The molecule has 0 spiro atoms. The molecular formula is C10H12BrF3N2O2. The number of hydrogen-bond acceptors (Lipinski definition) is 4. The van der Waals surface area contributed by atoms with Gasteiger partial charge in [0.1, 0.15) is 5.82 Å². The first-order chi connectivity index (χ1) is 8.38. The first-order valence-corrected chi connectivity index (χ1v) is 5.70. The molecule has 18 heavy (non-hydrogen) atoms. The van der Waals surface area contributed by atoms with Gasteiger partial charge in [-0.3, -0.25) is 0 Å². The van der Waals surface area contributed by atoms with Crippen LogP contribution in [0.5, 0.6) is 0 Å². The zero-order chi connectivity index (χ0) is 13.8. The first kappa shape index (κ1) is 15.2. The van der Waals surface area contributed by atoms with Gasteiger partial charge in [0.15, 0.2) is 6.29 Å². The van der Waals surface area contributed by atoms with Crippen molar-refractivity contribution in [3.8, 4) is 0 Å². The zero-order valence-electron chi connectivity index (χ0n) is 9.71. The molecule has 0 radical (unpaired) electrons. The zero-order valence-corrected chi connectivity index (χ0v) is 11.3. The molecule has 1 aromatic rings. The summed E-state index contributed by atoms with van der Waals surface area (Å²) in [7, 11) is 2.80. The van der Waals surface area contributed by atoms with Crippen molar-refractivity contribution in [1.82, 2.24) is 4.98 Å². The fraction of sp³-hybridized carbons (Fsp3) is 0.500. The Morgan fingerprint density at radius 1 is 1.39 bits per heavy atom. The lowest BCUT2D eigenvalue weighted by Gasteiger charge is -2.17. The molecule has 0 fully saturated rings. The average molecular weight is 329 g/mol. The van der Waals surface area contributed by atoms with Gasteiger partial charge in [-0.15, -0.1) is 0 Å². The Morgan fingerprint density at radius 3 is 2.50 bits per heavy atom. The Kier molecular flexibility index (Phi) is 5.36. The van der Waals surface area contributed by atoms with E-state index >= 15 is 0 Å². The van der Waals surface area contributed by atoms with E-state index in [0.29, 0.717) is 0 Å². The summed E-state index contributed by atoms with van der Waals surface area (Å²) in [5.74, 6) is -0.259. The largest absolute Gasteiger partial charge is 0.419 e. The van der Waals surface area contributed by atoms with Gasteiger partial charge < -0.3 is 14.8 Å². The summed E-state index contributed by atoms with van der Waals surface area (Å²) in [6, 6.07) is 0.962. The Balaban J connectivity index is 2.88. The number of rotatable bonds is 5. The van der Waals surface area contributed by atoms with Crippen molar-refractivity contribution in [2.24, 2.45) is 0 Å². The van der Waals surface area contributed by atoms with Crippen LogP contribution >= 0.6 is 15.9 Å². The lowest BCUT2D eigenvalue weighted by molar-refractivity contribution is -0.137. The van der Waals surface area contributed by atoms with Crippen LogP contribution in [0.2, 0.25) is 0 Å². The van der Waals surface area contributed by atoms with Crippen LogP contribution in [0.1, 0.15) is 5.56 Å². The third-order valence-electron chi connectivity index (χ3n) is 2.12. The number of aromatic nitrogens is 1. The van der Waals surface area contributed by atoms with E-state index in [1.165, 1.54) is 20.4 Å². The van der Waals surface area contributed by atoms with Crippen LogP contribution in [0.15, 0.2) is 16.7 Å². The Hall–Kier alpha value is -0.860. The van der Waals surface area contributed by atoms with E-state index in [4.69, 9.17) is 9.47 Å². The molecule has 0 aliphatic rings. The number of ether oxygens (including phenoxy) is 2. The van der Waals surface area contributed by atoms with Crippen molar-refractivity contribution >= 4 is 21.7 Å². The highest BCUT2D eigenvalue weighted by atomic mass is 79.9. The summed E-state index contributed by atoms with van der Waals surface area (Å²) in [5, 5.41) is 2.55. The van der Waals surface area contributed by atoms with Crippen LogP contribution in [0.4, 0.5) is 19.0 Å². The van der Waals surface area contributed by atoms with Gasteiger partial charge in [0.25, 0.3) is 0 Å². The minimum Gasteiger partial charge on any atom is -0.364 e. The summed E-state index contributed by atoms with van der Waals surface area (Å²) in [4.78, 5) is 3.70. The number of nitrogens with one attached hydrogen (secondary N) is 1. The molecular weight excluding hydrogens is 317 g/mol. The minimum atomic E-state index is -4.48. The predicted octanol–water partition coefficient (Wildman–Crippen LogP) is 2.89. The van der Waals surface area contributed by atoms with E-state index in [1.807, 2.05) is 0 Å². The van der Waals surface area contributed by atoms with Gasteiger partial charge in [0, 0.05) is 24.9 Å². The molecule has 0 aliphatic carbocycles. The number of nitrogens with zero attached hydrogens (tertiary/aromatic N) is 1. The van der Waals surface area contributed by atoms with E-state index in [-0.39, 0.29) is 16.8 Å². The molecule has 0 saturated heterocycles. The highest BCUT2D eigenvalue weighted by molar-refractivity contribution is 9.10. The van der Waals surface area contributed by atoms with Crippen LogP contribution in [0.3, 0.4) is 0 Å². The summed E-state index contributed by atoms with van der Waals surface area (Å²) < 4.78 is 48.3. The van der Waals surface area contributed by atoms with Gasteiger partial charge in [0.05, 0.1) is 12.1 Å². The molecule has 8 heteroatoms. The van der Waals surface area contributed by atoms with Gasteiger partial charge in [-0.25, -0.2) is 4.98 Å². The van der Waals surface area contributed by atoms with Crippen molar-refractivity contribution in [1.29, 1.82) is 0 Å². The maximum absolute atomic E-state index is 12.8. The molecule has 0 aliphatic heterocycles. The van der Waals surface area contributed by atoms with Crippen LogP contribution in [0, 0.1) is 0 Å². The third-order valence-corrected chi connectivity index (χ3v) is 2.56. The Morgan fingerprint density at radius 2 is 2.00 bits per heavy atom. The van der Waals surface area contributed by atoms with E-state index in [0.717, 1.165) is 6.07 Å². The molecule has 0 aromatic carbocycles. The summed E-state index contributed by atoms with van der Waals surface area (Å²) in [5.41, 5.74) is -0.845. The van der Waals surface area contributed by atoms with Crippen LogP contribution in [-0.2, 0) is 15.7 Å². The maximum atomic E-state index is 12.8. The molecule has 1 aromatic heterocycles. The number of pyridine rings is 1. The normalized spacial score (nSPS) is 11.9. The number of halogens is 4. The first-order valence-electron chi connectivity index (χ1n) is 4.90. The highest BCUT2D eigenvalue weighted by Crippen LogP contribution is 2.35. The van der Waals surface area contributed by atoms with Gasteiger partial charge in [0.2, 0.25) is 0 Å². The maximum Gasteiger partial charge on any atom is 0.419 e. The number of methoxy groups -OCH3 is 2. The monoisotopic (exact) mass is 328 g/mol. The predicted molar refractivity (Wildman–Crippen MR) is 63.2 cm³/mol. The second kappa shape index (κ2) is 6.35. The van der Waals surface area contributed by atoms with Gasteiger partial charge >= 0.3 is 6.18 Å². The molecule has 102 valence electrons. The quantitative estimate of drug-likeness (QED) is 0.844. The summed E-state index contributed by atoms with van der Waals surface area (Å²) in [6.45, 7) is 0.0602. The van der Waals surface area contributed by atoms with Gasteiger partial charge in [-0.2, -0.15) is 13.2 Å². The standard InChI is InChI=1S/C10H12BrF3N2O2/c1-17-8(18-2)5-16-9-7(10(12,13)14)3-6(11)4-15-9/h3-4,8H,5H2,1-2H3,(H,15,16). The molecule has 0 saturated carbocycles. The SMILES string of the molecule is COC(CNc1ncc(Br)cc1C(F)(F)F)OC. The van der Waals surface area contributed by atoms with E-state index in [1.54, 1.807) is 0 Å². The number of anilines is 1. The lowest BCUT2D eigenvalue weighted by Crippen LogP contribution is -2.25. The van der Waals surface area contributed by atoms with Crippen LogP contribution in [-0.4, -0.2) is 32.0 Å². The smallest absolute Gasteiger partial charge is 0.364 e. The van der Waals surface area contributed by atoms with Crippen LogP contribution in [0.25, 0.3) is 0 Å². The van der Waals surface area contributed by atoms with Crippen molar-refractivity contribution in [3.05, 3.63) is 22.3 Å². The molecule has 0 amide bonds. The molecule has 0 atom stereocenters. The van der Waals surface area contributed by atoms with Crippen molar-refractivity contribution in [2.45, 2.75) is 12.5 Å². The minimum absolute atomic E-state index is 0.0602. The lowest BCUT2D eigenvalue weighted by atomic mass is 10.2. The number of alkyl halides is 3. The number of hydrogen-bond donors (Lipinski definition) is 1. The molecule has 1 rings (SSSR count). The molecule has 0 unspecified atom stereocenters. The van der Waals surface area contributed by atoms with E-state index in [9.17, 15) is 13.2 Å². The topological polar surface area (TPSA) is 43.4 Å². The Labute approximate surface area is 111 Å². The average Bonchev–Trinajstić information content (AvgIpc) is 2.30. The van der Waals surface area contributed by atoms with Gasteiger partial charge in [-0.05, 0) is 22.0 Å². The highest BCUT2D eigenvalue weighted by Gasteiger charge is 2.34. The van der Waals surface area contributed by atoms with Crippen molar-refractivity contribution in [3.63, 3.8) is 0 Å². The third kappa shape index (κ3) is 4.11. The molecule has 1 heterocycles. The molecule has 1 N–H and O–H groups in total. The van der Waals surface area contributed by atoms with E-state index in [2.05, 4.69) is 26.2 Å². The summed E-state index contributed by atoms with van der Waals surface area (Å²) in [6.07, 6.45) is -3.84. The second-order valence-corrected chi connectivity index (χ2v) is 4.25. The fourth-order valence-corrected chi connectivity index (χ4v) is 1.57. The van der Waals surface area contributed by atoms with E-state index < -0.39 is 18.0 Å². The van der Waals surface area contributed by atoms with Crippen molar-refractivity contribution < 1.29 is 22.6 Å². The Bertz CT molecular complexity index is 397. The van der Waals surface area contributed by atoms with Crippen molar-refractivity contribution in [2.75, 3.05) is 26.1 Å². The van der Waals surface area contributed by atoms with Gasteiger partial charge in [-0.1, -0.05) is 0 Å². The summed E-state index contributed by atoms with van der Waals surface area (Å²) >= 11 is 2.96. The second-order valence-electron chi connectivity index (χ2n) is 3.33. The molecule has 4 nitrogen and oxygen atoms in total. The molecule has 0 bridgehead atoms. The van der Waals surface area contributed by atoms with Crippen LogP contribution < -0.4 is 5.32 Å².